The normalized spacial score (nSPS) is 25.2. The van der Waals surface area contributed by atoms with Crippen LogP contribution in [0.2, 0.25) is 0 Å². The largest absolute Gasteiger partial charge is 0.497 e. The molecule has 150 valence electrons. The van der Waals surface area contributed by atoms with Gasteiger partial charge in [-0.2, -0.15) is 0 Å². The van der Waals surface area contributed by atoms with E-state index in [1.807, 2.05) is 60.7 Å². The third-order valence-corrected chi connectivity index (χ3v) is 5.51. The van der Waals surface area contributed by atoms with E-state index in [0.717, 1.165) is 5.56 Å². The zero-order valence-electron chi connectivity index (χ0n) is 16.2. The van der Waals surface area contributed by atoms with E-state index in [9.17, 15) is 9.59 Å². The highest BCUT2D eigenvalue weighted by molar-refractivity contribution is 6.21. The van der Waals surface area contributed by atoms with Gasteiger partial charge < -0.3 is 14.2 Å². The van der Waals surface area contributed by atoms with Crippen molar-refractivity contribution in [2.45, 2.75) is 17.9 Å². The molecule has 6 heteroatoms. The predicted molar refractivity (Wildman–Crippen MR) is 109 cm³/mol. The molecular weight excluding hydrogens is 382 g/mol. The molecule has 30 heavy (non-hydrogen) atoms. The van der Waals surface area contributed by atoms with Crippen LogP contribution < -0.4 is 9.64 Å². The highest BCUT2D eigenvalue weighted by atomic mass is 16.8. The smallest absolute Gasteiger partial charge is 0.353 e. The third-order valence-electron chi connectivity index (χ3n) is 5.51. The molecule has 6 nitrogen and oxygen atoms in total. The first kappa shape index (κ1) is 18.4. The van der Waals surface area contributed by atoms with Gasteiger partial charge in [-0.3, -0.25) is 9.69 Å². The lowest BCUT2D eigenvalue weighted by molar-refractivity contribution is -0.168. The number of anilines is 1. The maximum Gasteiger partial charge on any atom is 0.353 e. The Balaban J connectivity index is 1.56. The molecule has 2 aliphatic rings. The van der Waals surface area contributed by atoms with Crippen LogP contribution in [0.1, 0.15) is 23.5 Å². The van der Waals surface area contributed by atoms with Crippen molar-refractivity contribution in [3.8, 4) is 5.75 Å². The second-order valence-corrected chi connectivity index (χ2v) is 7.19. The summed E-state index contributed by atoms with van der Waals surface area (Å²) in [4.78, 5) is 28.0. The maximum absolute atomic E-state index is 13.4. The lowest BCUT2D eigenvalue weighted by Crippen LogP contribution is -2.71. The number of esters is 1. The van der Waals surface area contributed by atoms with Gasteiger partial charge in [-0.25, -0.2) is 4.79 Å². The lowest BCUT2D eigenvalue weighted by atomic mass is 9.77. The number of hydrogen-bond donors (Lipinski definition) is 0. The lowest BCUT2D eigenvalue weighted by Gasteiger charge is -2.50. The van der Waals surface area contributed by atoms with Crippen LogP contribution in [0.5, 0.6) is 5.75 Å². The van der Waals surface area contributed by atoms with Crippen LogP contribution in [0.15, 0.2) is 84.9 Å². The molecule has 2 fully saturated rings. The first-order valence-corrected chi connectivity index (χ1v) is 9.61. The fraction of sp³-hybridized carbons (Fsp3) is 0.167. The number of rotatable bonds is 4. The number of β-lactam (4-membered cyclic amide) rings is 1. The van der Waals surface area contributed by atoms with Crippen LogP contribution in [0.3, 0.4) is 0 Å². The minimum absolute atomic E-state index is 0.432. The molecule has 0 bridgehead atoms. The van der Waals surface area contributed by atoms with Crippen molar-refractivity contribution in [2.75, 3.05) is 12.0 Å². The van der Waals surface area contributed by atoms with Gasteiger partial charge in [0.05, 0.1) is 7.11 Å². The van der Waals surface area contributed by atoms with Gasteiger partial charge >= 0.3 is 5.97 Å². The van der Waals surface area contributed by atoms with Crippen LogP contribution >= 0.6 is 0 Å². The third kappa shape index (κ3) is 2.61. The number of carbonyl (C=O) groups is 2. The van der Waals surface area contributed by atoms with Gasteiger partial charge in [0.1, 0.15) is 11.8 Å². The Hall–Kier alpha value is -3.64. The molecule has 1 spiro atoms. The number of cyclic esters (lactones) is 1. The van der Waals surface area contributed by atoms with Crippen LogP contribution in [0, 0.1) is 0 Å². The molecule has 0 unspecified atom stereocenters. The summed E-state index contributed by atoms with van der Waals surface area (Å²) in [6, 6.07) is 25.1. The Morgan fingerprint density at radius 3 is 2.23 bits per heavy atom. The first-order valence-electron chi connectivity index (χ1n) is 9.61. The molecule has 0 radical (unpaired) electrons. The molecule has 2 heterocycles. The number of methoxy groups -OCH3 is 1. The number of hydrogen-bond acceptors (Lipinski definition) is 5. The van der Waals surface area contributed by atoms with Gasteiger partial charge in [-0.05, 0) is 29.8 Å². The number of para-hydroxylation sites is 1. The van der Waals surface area contributed by atoms with Crippen molar-refractivity contribution in [2.24, 2.45) is 0 Å². The standard InChI is InChI=1S/C24H19NO5/c1-28-19-14-8-11-17(15-19)21-29-23(27)24(30-21)20(16-9-4-2-5-10-16)25(22(24)26)18-12-6-3-7-13-18/h2-15,20-21H,1H3/t20-,21+,24-/m0/s1. The number of carbonyl (C=O) groups excluding carboxylic acids is 2. The summed E-state index contributed by atoms with van der Waals surface area (Å²) in [7, 11) is 1.56. The van der Waals surface area contributed by atoms with Gasteiger partial charge in [0.25, 0.3) is 11.5 Å². The molecule has 0 N–H and O–H groups in total. The predicted octanol–water partition coefficient (Wildman–Crippen LogP) is 3.79. The number of benzene rings is 3. The topological polar surface area (TPSA) is 65.1 Å². The van der Waals surface area contributed by atoms with E-state index in [4.69, 9.17) is 14.2 Å². The molecule has 0 aromatic heterocycles. The molecule has 0 saturated carbocycles. The zero-order chi connectivity index (χ0) is 20.7. The molecule has 5 rings (SSSR count). The van der Waals surface area contributed by atoms with E-state index in [2.05, 4.69) is 0 Å². The molecule has 2 aliphatic heterocycles. The van der Waals surface area contributed by atoms with Gasteiger partial charge in [-0.1, -0.05) is 60.7 Å². The fourth-order valence-corrected chi connectivity index (χ4v) is 4.07. The van der Waals surface area contributed by atoms with E-state index in [-0.39, 0.29) is 0 Å². The van der Waals surface area contributed by atoms with E-state index in [1.54, 1.807) is 36.3 Å². The Bertz CT molecular complexity index is 1100. The molecule has 0 aliphatic carbocycles. The summed E-state index contributed by atoms with van der Waals surface area (Å²) in [5.74, 6) is -0.502. The first-order chi connectivity index (χ1) is 14.6. The Morgan fingerprint density at radius 1 is 0.867 bits per heavy atom. The van der Waals surface area contributed by atoms with Gasteiger partial charge in [0.2, 0.25) is 6.29 Å². The van der Waals surface area contributed by atoms with Crippen LogP contribution in [0.4, 0.5) is 5.69 Å². The molecular formula is C24H19NO5. The Morgan fingerprint density at radius 2 is 1.53 bits per heavy atom. The molecule has 1 amide bonds. The monoisotopic (exact) mass is 401 g/mol. The van der Waals surface area contributed by atoms with Crippen molar-refractivity contribution in [1.82, 2.24) is 0 Å². The van der Waals surface area contributed by atoms with E-state index in [0.29, 0.717) is 17.0 Å². The summed E-state index contributed by atoms with van der Waals surface area (Å²) >= 11 is 0. The SMILES string of the molecule is COc1cccc([C@@H]2OC(=O)[C@@]3(O2)C(=O)N(c2ccccc2)[C@H]3c2ccccc2)c1. The van der Waals surface area contributed by atoms with Gasteiger partial charge in [0, 0.05) is 11.3 Å². The molecule has 3 aromatic rings. The van der Waals surface area contributed by atoms with Crippen molar-refractivity contribution in [3.63, 3.8) is 0 Å². The highest BCUT2D eigenvalue weighted by Gasteiger charge is 2.73. The number of amides is 1. The van der Waals surface area contributed by atoms with Crippen molar-refractivity contribution in [3.05, 3.63) is 96.1 Å². The maximum atomic E-state index is 13.4. The van der Waals surface area contributed by atoms with Crippen LogP contribution in [-0.2, 0) is 19.1 Å². The van der Waals surface area contributed by atoms with E-state index >= 15 is 0 Å². The van der Waals surface area contributed by atoms with Gasteiger partial charge in [-0.15, -0.1) is 0 Å². The van der Waals surface area contributed by atoms with Crippen LogP contribution in [0.25, 0.3) is 0 Å². The van der Waals surface area contributed by atoms with Crippen molar-refractivity contribution in [1.29, 1.82) is 0 Å². The summed E-state index contributed by atoms with van der Waals surface area (Å²) in [6.45, 7) is 0. The second-order valence-electron chi connectivity index (χ2n) is 7.19. The molecule has 2 saturated heterocycles. The van der Waals surface area contributed by atoms with E-state index < -0.39 is 29.8 Å². The second kappa shape index (κ2) is 7.00. The average Bonchev–Trinajstić information content (AvgIpc) is 3.17. The summed E-state index contributed by atoms with van der Waals surface area (Å²) in [6.07, 6.45) is -0.985. The zero-order valence-corrected chi connectivity index (χ0v) is 16.2. The van der Waals surface area contributed by atoms with Crippen molar-refractivity contribution < 1.29 is 23.8 Å². The van der Waals surface area contributed by atoms with Gasteiger partial charge in [0.15, 0.2) is 0 Å². The molecule has 3 aromatic carbocycles. The number of nitrogens with zero attached hydrogens (tertiary/aromatic N) is 1. The highest BCUT2D eigenvalue weighted by Crippen LogP contribution is 2.54. The Kier molecular flexibility index (Phi) is 4.29. The number of ether oxygens (including phenoxy) is 3. The molecule has 3 atom stereocenters. The minimum atomic E-state index is -1.72. The Labute approximate surface area is 173 Å². The van der Waals surface area contributed by atoms with Crippen LogP contribution in [-0.4, -0.2) is 24.6 Å². The summed E-state index contributed by atoms with van der Waals surface area (Å²) in [5.41, 5.74) is 0.384. The fourth-order valence-electron chi connectivity index (χ4n) is 4.07. The van der Waals surface area contributed by atoms with E-state index in [1.165, 1.54) is 0 Å². The average molecular weight is 401 g/mol. The minimum Gasteiger partial charge on any atom is -0.497 e. The van der Waals surface area contributed by atoms with Crippen molar-refractivity contribution >= 4 is 17.6 Å². The summed E-state index contributed by atoms with van der Waals surface area (Å²) in [5, 5.41) is 0. The summed E-state index contributed by atoms with van der Waals surface area (Å²) < 4.78 is 16.9. The quantitative estimate of drug-likeness (QED) is 0.378.